The van der Waals surface area contributed by atoms with Gasteiger partial charge in [0.15, 0.2) is 6.17 Å². The zero-order valence-corrected chi connectivity index (χ0v) is 9.76. The second kappa shape index (κ2) is 4.75. The summed E-state index contributed by atoms with van der Waals surface area (Å²) in [6.45, 7) is 1.25. The molecule has 2 aromatic rings. The van der Waals surface area contributed by atoms with Gasteiger partial charge in [0.05, 0.1) is 11.3 Å². The van der Waals surface area contributed by atoms with Crippen LogP contribution >= 0.6 is 0 Å². The van der Waals surface area contributed by atoms with E-state index in [2.05, 4.69) is 0 Å². The van der Waals surface area contributed by atoms with Crippen molar-refractivity contribution in [3.8, 4) is 0 Å². The van der Waals surface area contributed by atoms with Gasteiger partial charge in [-0.3, -0.25) is 9.78 Å². The molecule has 0 saturated heterocycles. The Morgan fingerprint density at radius 3 is 2.26 bits per heavy atom. The minimum atomic E-state index is -2.27. The molecule has 0 saturated carbocycles. The lowest BCUT2D eigenvalue weighted by Crippen LogP contribution is -2.27. The first kappa shape index (κ1) is 13.1. The zero-order chi connectivity index (χ0) is 14.2. The van der Waals surface area contributed by atoms with Gasteiger partial charge in [-0.15, -0.1) is 0 Å². The lowest BCUT2D eigenvalue weighted by atomic mass is 10.0. The van der Waals surface area contributed by atoms with Crippen LogP contribution in [0.2, 0.25) is 0 Å². The van der Waals surface area contributed by atoms with E-state index in [9.17, 15) is 22.8 Å². The molecule has 1 atom stereocenters. The van der Waals surface area contributed by atoms with Gasteiger partial charge in [-0.05, 0) is 19.1 Å². The summed E-state index contributed by atoms with van der Waals surface area (Å²) in [7, 11) is 0. The minimum absolute atomic E-state index is 0.144. The topological polar surface area (TPSA) is 65.7 Å². The Morgan fingerprint density at radius 1 is 1.11 bits per heavy atom. The summed E-state index contributed by atoms with van der Waals surface area (Å²) in [6.07, 6.45) is -2.27. The Labute approximate surface area is 104 Å². The van der Waals surface area contributed by atoms with E-state index in [1.54, 1.807) is 0 Å². The van der Waals surface area contributed by atoms with Crippen LogP contribution in [0, 0.1) is 18.6 Å². The molecule has 0 amide bonds. The highest BCUT2D eigenvalue weighted by Crippen LogP contribution is 2.29. The van der Waals surface area contributed by atoms with Crippen LogP contribution in [0.5, 0.6) is 0 Å². The van der Waals surface area contributed by atoms with Crippen molar-refractivity contribution in [1.82, 2.24) is 9.97 Å². The predicted molar refractivity (Wildman–Crippen MR) is 61.7 cm³/mol. The number of halogens is 3. The van der Waals surface area contributed by atoms with Crippen LogP contribution in [0.25, 0.3) is 0 Å². The molecule has 0 aliphatic rings. The lowest BCUT2D eigenvalue weighted by Gasteiger charge is -2.12. The first-order valence-electron chi connectivity index (χ1n) is 5.33. The molecule has 0 aliphatic heterocycles. The molecule has 1 heterocycles. The molecule has 1 unspecified atom stereocenters. The molecule has 2 N–H and O–H groups in total. The monoisotopic (exact) mass is 270 g/mol. The number of H-pyrrole nitrogens is 2. The largest absolute Gasteiger partial charge is 0.326 e. The number of benzene rings is 1. The third-order valence-corrected chi connectivity index (χ3v) is 2.73. The van der Waals surface area contributed by atoms with Crippen molar-refractivity contribution in [1.29, 1.82) is 0 Å². The maximum atomic E-state index is 14.2. The van der Waals surface area contributed by atoms with Gasteiger partial charge >= 0.3 is 5.69 Å². The number of hydrogen-bond donors (Lipinski definition) is 2. The Morgan fingerprint density at radius 2 is 1.68 bits per heavy atom. The van der Waals surface area contributed by atoms with E-state index in [0.29, 0.717) is 0 Å². The Hall–Kier alpha value is -2.31. The SMILES string of the molecule is Cc1c(C(F)c2c(F)cccc2F)[nH]c(=O)[nH]c1=O. The van der Waals surface area contributed by atoms with Crippen molar-refractivity contribution in [3.63, 3.8) is 0 Å². The van der Waals surface area contributed by atoms with Gasteiger partial charge in [0.25, 0.3) is 5.56 Å². The van der Waals surface area contributed by atoms with Gasteiger partial charge < -0.3 is 4.98 Å². The fraction of sp³-hybridized carbons (Fsp3) is 0.167. The Balaban J connectivity index is 2.66. The molecule has 1 aromatic carbocycles. The van der Waals surface area contributed by atoms with E-state index in [4.69, 9.17) is 0 Å². The fourth-order valence-corrected chi connectivity index (χ4v) is 1.72. The second-order valence-corrected chi connectivity index (χ2v) is 3.94. The highest BCUT2D eigenvalue weighted by atomic mass is 19.2. The number of aromatic amines is 2. The molecule has 2 rings (SSSR count). The van der Waals surface area contributed by atoms with Gasteiger partial charge in [0.1, 0.15) is 11.6 Å². The summed E-state index contributed by atoms with van der Waals surface area (Å²) in [5, 5.41) is 0. The van der Waals surface area contributed by atoms with Crippen LogP contribution in [0.3, 0.4) is 0 Å². The molecule has 0 fully saturated rings. The third-order valence-electron chi connectivity index (χ3n) is 2.73. The van der Waals surface area contributed by atoms with Crippen molar-refractivity contribution in [2.45, 2.75) is 13.1 Å². The highest BCUT2D eigenvalue weighted by molar-refractivity contribution is 5.31. The van der Waals surface area contributed by atoms with Crippen molar-refractivity contribution >= 4 is 0 Å². The number of aromatic nitrogens is 2. The van der Waals surface area contributed by atoms with Crippen LogP contribution < -0.4 is 11.2 Å². The summed E-state index contributed by atoms with van der Waals surface area (Å²) in [5.41, 5.74) is -3.19. The van der Waals surface area contributed by atoms with E-state index in [1.807, 2.05) is 9.97 Å². The Kier molecular flexibility index (Phi) is 3.28. The van der Waals surface area contributed by atoms with Crippen LogP contribution in [0.4, 0.5) is 13.2 Å². The van der Waals surface area contributed by atoms with Gasteiger partial charge in [0, 0.05) is 5.56 Å². The van der Waals surface area contributed by atoms with Crippen molar-refractivity contribution < 1.29 is 13.2 Å². The van der Waals surface area contributed by atoms with E-state index < -0.39 is 40.3 Å². The Bertz CT molecular complexity index is 716. The smallest absolute Gasteiger partial charge is 0.308 e. The van der Waals surface area contributed by atoms with Crippen LogP contribution in [-0.2, 0) is 0 Å². The first-order chi connectivity index (χ1) is 8.91. The van der Waals surface area contributed by atoms with Crippen LogP contribution in [0.1, 0.15) is 23.0 Å². The molecule has 100 valence electrons. The van der Waals surface area contributed by atoms with Gasteiger partial charge in [-0.25, -0.2) is 18.0 Å². The minimum Gasteiger partial charge on any atom is -0.308 e. The van der Waals surface area contributed by atoms with E-state index in [1.165, 1.54) is 6.92 Å². The molecule has 0 bridgehead atoms. The molecule has 7 heteroatoms. The molecule has 0 spiro atoms. The van der Waals surface area contributed by atoms with Gasteiger partial charge in [0.2, 0.25) is 0 Å². The van der Waals surface area contributed by atoms with Crippen molar-refractivity contribution in [2.75, 3.05) is 0 Å². The van der Waals surface area contributed by atoms with E-state index in [0.717, 1.165) is 18.2 Å². The van der Waals surface area contributed by atoms with Crippen molar-refractivity contribution in [3.05, 3.63) is 67.5 Å². The maximum absolute atomic E-state index is 14.2. The molecule has 19 heavy (non-hydrogen) atoms. The molecule has 0 aliphatic carbocycles. The quantitative estimate of drug-likeness (QED) is 0.872. The summed E-state index contributed by atoms with van der Waals surface area (Å²) < 4.78 is 41.1. The first-order valence-corrected chi connectivity index (χ1v) is 5.33. The molecule has 0 radical (unpaired) electrons. The predicted octanol–water partition coefficient (Wildman–Crippen LogP) is 1.71. The summed E-state index contributed by atoms with van der Waals surface area (Å²) in [4.78, 5) is 26.4. The normalized spacial score (nSPS) is 12.4. The lowest BCUT2D eigenvalue weighted by molar-refractivity contribution is 0.361. The zero-order valence-electron chi connectivity index (χ0n) is 9.76. The maximum Gasteiger partial charge on any atom is 0.326 e. The van der Waals surface area contributed by atoms with E-state index >= 15 is 0 Å². The van der Waals surface area contributed by atoms with E-state index in [-0.39, 0.29) is 5.56 Å². The fourth-order valence-electron chi connectivity index (χ4n) is 1.72. The molecular formula is C12H9F3N2O2. The summed E-state index contributed by atoms with van der Waals surface area (Å²) >= 11 is 0. The average Bonchev–Trinajstić information content (AvgIpc) is 2.33. The third kappa shape index (κ3) is 2.31. The number of rotatable bonds is 2. The second-order valence-electron chi connectivity index (χ2n) is 3.94. The van der Waals surface area contributed by atoms with Crippen LogP contribution in [-0.4, -0.2) is 9.97 Å². The van der Waals surface area contributed by atoms with Gasteiger partial charge in [-0.1, -0.05) is 6.07 Å². The summed E-state index contributed by atoms with van der Waals surface area (Å²) in [6, 6.07) is 2.88. The van der Waals surface area contributed by atoms with Gasteiger partial charge in [-0.2, -0.15) is 0 Å². The standard InChI is InChI=1S/C12H9F3N2O2/c1-5-10(16-12(19)17-11(5)18)9(15)8-6(13)3-2-4-7(8)14/h2-4,9H,1H3,(H2,16,17,18,19). The number of hydrogen-bond acceptors (Lipinski definition) is 2. The summed E-state index contributed by atoms with van der Waals surface area (Å²) in [5.74, 6) is -2.18. The van der Waals surface area contributed by atoms with Crippen LogP contribution in [0.15, 0.2) is 27.8 Å². The van der Waals surface area contributed by atoms with Crippen molar-refractivity contribution in [2.24, 2.45) is 0 Å². The highest BCUT2D eigenvalue weighted by Gasteiger charge is 2.24. The number of nitrogens with one attached hydrogen (secondary N) is 2. The molecule has 1 aromatic heterocycles. The molecule has 4 nitrogen and oxygen atoms in total. The number of alkyl halides is 1. The average molecular weight is 270 g/mol. The molecular weight excluding hydrogens is 261 g/mol.